The van der Waals surface area contributed by atoms with Gasteiger partial charge in [-0.2, -0.15) is 0 Å². The number of benzene rings is 1. The van der Waals surface area contributed by atoms with Crippen LogP contribution in [0.25, 0.3) is 17.1 Å². The average Bonchev–Trinajstić information content (AvgIpc) is 3.01. The van der Waals surface area contributed by atoms with E-state index in [2.05, 4.69) is 35.6 Å². The number of hydrogen-bond acceptors (Lipinski definition) is 5. The van der Waals surface area contributed by atoms with Gasteiger partial charge in [-0.1, -0.05) is 26.8 Å². The normalized spacial score (nSPS) is 11.6. The fourth-order valence-corrected chi connectivity index (χ4v) is 2.84. The highest BCUT2D eigenvalue weighted by molar-refractivity contribution is 5.91. The second kappa shape index (κ2) is 9.94. The summed E-state index contributed by atoms with van der Waals surface area (Å²) in [5.74, 6) is 0.323. The molecule has 1 heterocycles. The third-order valence-corrected chi connectivity index (χ3v) is 4.38. The lowest BCUT2D eigenvalue weighted by molar-refractivity contribution is -0.124. The van der Waals surface area contributed by atoms with Crippen LogP contribution in [0, 0.1) is 0 Å². The Bertz CT molecular complexity index is 750. The van der Waals surface area contributed by atoms with Crippen LogP contribution in [-0.2, 0) is 11.3 Å². The molecule has 0 atom stereocenters. The molecular weight excluding hydrogens is 330 g/mol. The molecule has 0 unspecified atom stereocenters. The summed E-state index contributed by atoms with van der Waals surface area (Å²) < 4.78 is 2.22. The number of rotatable bonds is 10. The molecule has 1 amide bonds. The predicted octanol–water partition coefficient (Wildman–Crippen LogP) is 2.72. The number of nitrogens with zero attached hydrogens (tertiary/aromatic N) is 3. The zero-order chi connectivity index (χ0) is 18.9. The predicted molar refractivity (Wildman–Crippen MR) is 105 cm³/mol. The molecule has 7 heteroatoms. The van der Waals surface area contributed by atoms with Crippen molar-refractivity contribution in [3.63, 3.8) is 0 Å². The van der Waals surface area contributed by atoms with Crippen LogP contribution in [-0.4, -0.2) is 51.7 Å². The van der Waals surface area contributed by atoms with Crippen molar-refractivity contribution in [1.82, 2.24) is 19.9 Å². The molecule has 0 saturated heterocycles. The van der Waals surface area contributed by atoms with Crippen molar-refractivity contribution in [3.8, 4) is 0 Å². The van der Waals surface area contributed by atoms with E-state index < -0.39 is 5.91 Å². The minimum Gasteiger partial charge on any atom is -0.356 e. The number of aromatic nitrogens is 2. The Morgan fingerprint density at radius 2 is 2.08 bits per heavy atom. The van der Waals surface area contributed by atoms with Gasteiger partial charge in [-0.3, -0.25) is 10.0 Å². The fourth-order valence-electron chi connectivity index (χ4n) is 2.84. The van der Waals surface area contributed by atoms with E-state index >= 15 is 0 Å². The van der Waals surface area contributed by atoms with E-state index in [-0.39, 0.29) is 0 Å². The molecule has 2 rings (SSSR count). The molecule has 2 aromatic rings. The first-order chi connectivity index (χ1) is 12.6. The molecule has 1 aromatic heterocycles. The summed E-state index contributed by atoms with van der Waals surface area (Å²) in [6.07, 6.45) is 3.97. The lowest BCUT2D eigenvalue weighted by atomic mass is 10.2. The Morgan fingerprint density at radius 3 is 2.73 bits per heavy atom. The van der Waals surface area contributed by atoms with E-state index in [1.165, 1.54) is 6.08 Å². The Balaban J connectivity index is 2.31. The van der Waals surface area contributed by atoms with Crippen LogP contribution < -0.4 is 10.8 Å². The number of carbonyl (C=O) groups is 1. The van der Waals surface area contributed by atoms with Gasteiger partial charge in [0.2, 0.25) is 5.95 Å². The van der Waals surface area contributed by atoms with Gasteiger partial charge < -0.3 is 14.8 Å². The molecule has 1 aromatic carbocycles. The lowest BCUT2D eigenvalue weighted by Crippen LogP contribution is -2.27. The summed E-state index contributed by atoms with van der Waals surface area (Å²) in [5, 5.41) is 12.0. The van der Waals surface area contributed by atoms with Gasteiger partial charge >= 0.3 is 0 Å². The maximum absolute atomic E-state index is 11.1. The highest BCUT2D eigenvalue weighted by Crippen LogP contribution is 2.22. The first-order valence-electron chi connectivity index (χ1n) is 9.21. The van der Waals surface area contributed by atoms with Gasteiger partial charge in [-0.25, -0.2) is 10.5 Å². The van der Waals surface area contributed by atoms with Gasteiger partial charge in [0.25, 0.3) is 5.91 Å². The number of hydroxylamine groups is 1. The van der Waals surface area contributed by atoms with Crippen molar-refractivity contribution < 1.29 is 10.0 Å². The first-order valence-corrected chi connectivity index (χ1v) is 9.21. The monoisotopic (exact) mass is 359 g/mol. The van der Waals surface area contributed by atoms with E-state index in [0.717, 1.165) is 61.7 Å². The Hall–Kier alpha value is -2.38. The highest BCUT2D eigenvalue weighted by Gasteiger charge is 2.11. The fraction of sp³-hybridized carbons (Fsp3) is 0.474. The molecule has 0 aliphatic heterocycles. The molecule has 142 valence electrons. The van der Waals surface area contributed by atoms with Crippen molar-refractivity contribution in [2.75, 3.05) is 31.5 Å². The van der Waals surface area contributed by atoms with Crippen molar-refractivity contribution in [2.45, 2.75) is 33.7 Å². The maximum atomic E-state index is 11.1. The number of likely N-dealkylation sites (N-methyl/N-ethyl adjacent to an activating group) is 1. The zero-order valence-corrected chi connectivity index (χ0v) is 15.8. The molecule has 0 fully saturated rings. The number of carbonyl (C=O) groups excluding carboxylic acids is 1. The molecule has 0 bridgehead atoms. The number of anilines is 1. The minimum absolute atomic E-state index is 0.555. The number of hydrogen-bond donors (Lipinski definition) is 3. The summed E-state index contributed by atoms with van der Waals surface area (Å²) in [6.45, 7) is 11.2. The second-order valence-electron chi connectivity index (χ2n) is 6.10. The summed E-state index contributed by atoms with van der Waals surface area (Å²) in [7, 11) is 0. The molecule has 26 heavy (non-hydrogen) atoms. The largest absolute Gasteiger partial charge is 0.356 e. The molecular formula is C19H29N5O2. The number of nitrogens with one attached hydrogen (secondary N) is 2. The highest BCUT2D eigenvalue weighted by atomic mass is 16.5. The molecule has 0 saturated carbocycles. The van der Waals surface area contributed by atoms with Gasteiger partial charge in [-0.05, 0) is 43.3 Å². The number of amides is 1. The standard InChI is InChI=1S/C19H29N5O2/c1-4-11-20-19-21-16-14-15(8-10-18(25)22-26)7-9-17(16)24(19)13-12-23(5-2)6-3/h7-10,14,26H,4-6,11-13H2,1-3H3,(H,20,21)(H,22,25)/b10-8+. The van der Waals surface area contributed by atoms with Gasteiger partial charge in [-0.15, -0.1) is 0 Å². The molecule has 3 N–H and O–H groups in total. The zero-order valence-electron chi connectivity index (χ0n) is 15.8. The number of fused-ring (bicyclic) bond motifs is 1. The minimum atomic E-state index is -0.555. The van der Waals surface area contributed by atoms with E-state index in [9.17, 15) is 4.79 Å². The van der Waals surface area contributed by atoms with E-state index in [1.807, 2.05) is 18.2 Å². The topological polar surface area (TPSA) is 82.4 Å². The molecule has 7 nitrogen and oxygen atoms in total. The van der Waals surface area contributed by atoms with Crippen molar-refractivity contribution in [1.29, 1.82) is 0 Å². The van der Waals surface area contributed by atoms with E-state index in [1.54, 1.807) is 11.6 Å². The SMILES string of the molecule is CCCNc1nc2cc(/C=C/C(=O)NO)ccc2n1CCN(CC)CC. The van der Waals surface area contributed by atoms with Gasteiger partial charge in [0.15, 0.2) is 0 Å². The molecule has 0 aliphatic rings. The Kier molecular flexibility index (Phi) is 7.62. The van der Waals surface area contributed by atoms with Crippen LogP contribution in [0.4, 0.5) is 5.95 Å². The van der Waals surface area contributed by atoms with Crippen LogP contribution in [0.15, 0.2) is 24.3 Å². The summed E-state index contributed by atoms with van der Waals surface area (Å²) >= 11 is 0. The third-order valence-electron chi connectivity index (χ3n) is 4.38. The number of imidazole rings is 1. The maximum Gasteiger partial charge on any atom is 0.267 e. The van der Waals surface area contributed by atoms with Crippen LogP contribution in [0.2, 0.25) is 0 Å². The molecule has 0 spiro atoms. The van der Waals surface area contributed by atoms with Crippen LogP contribution in [0.5, 0.6) is 0 Å². The van der Waals surface area contributed by atoms with E-state index in [0.29, 0.717) is 0 Å². The van der Waals surface area contributed by atoms with Gasteiger partial charge in [0, 0.05) is 25.7 Å². The first kappa shape index (κ1) is 19.9. The van der Waals surface area contributed by atoms with Gasteiger partial charge in [0.1, 0.15) is 0 Å². The van der Waals surface area contributed by atoms with Crippen molar-refractivity contribution >= 4 is 29.0 Å². The summed E-state index contributed by atoms with van der Waals surface area (Å²) in [5.41, 5.74) is 4.40. The Morgan fingerprint density at radius 1 is 1.31 bits per heavy atom. The summed E-state index contributed by atoms with van der Waals surface area (Å²) in [6, 6.07) is 5.92. The van der Waals surface area contributed by atoms with Crippen molar-refractivity contribution in [2.24, 2.45) is 0 Å². The quantitative estimate of drug-likeness (QED) is 0.345. The van der Waals surface area contributed by atoms with Gasteiger partial charge in [0.05, 0.1) is 11.0 Å². The van der Waals surface area contributed by atoms with Crippen molar-refractivity contribution in [3.05, 3.63) is 29.8 Å². The second-order valence-corrected chi connectivity index (χ2v) is 6.10. The molecule has 0 aliphatic carbocycles. The van der Waals surface area contributed by atoms with Crippen LogP contribution in [0.3, 0.4) is 0 Å². The lowest BCUT2D eigenvalue weighted by Gasteiger charge is -2.19. The third kappa shape index (κ3) is 5.06. The van der Waals surface area contributed by atoms with E-state index in [4.69, 9.17) is 10.2 Å². The summed E-state index contributed by atoms with van der Waals surface area (Å²) in [4.78, 5) is 18.3. The average molecular weight is 359 g/mol. The molecule has 0 radical (unpaired) electrons. The smallest absolute Gasteiger partial charge is 0.267 e. The van der Waals surface area contributed by atoms with Crippen LogP contribution in [0.1, 0.15) is 32.8 Å². The van der Waals surface area contributed by atoms with Crippen LogP contribution >= 0.6 is 0 Å². The Labute approximate surface area is 154 Å².